The molecule has 206 valence electrons. The van der Waals surface area contributed by atoms with E-state index in [1.54, 1.807) is 12.1 Å². The van der Waals surface area contributed by atoms with Crippen LogP contribution in [0.2, 0.25) is 5.15 Å². The molecule has 2 unspecified atom stereocenters. The smallest absolute Gasteiger partial charge is 0.295 e. The highest BCUT2D eigenvalue weighted by atomic mass is 35.5. The van der Waals surface area contributed by atoms with Crippen LogP contribution in [0.5, 0.6) is 0 Å². The van der Waals surface area contributed by atoms with Gasteiger partial charge in [-0.15, -0.1) is 0 Å². The molecular weight excluding hydrogens is 540 g/mol. The lowest BCUT2D eigenvalue weighted by atomic mass is 10.0. The molecule has 2 aliphatic rings. The van der Waals surface area contributed by atoms with E-state index in [-0.39, 0.29) is 22.4 Å². The average molecular weight is 570 g/mol. The molecule has 0 bridgehead atoms. The van der Waals surface area contributed by atoms with Crippen molar-refractivity contribution in [2.45, 2.75) is 57.3 Å². The van der Waals surface area contributed by atoms with Crippen LogP contribution in [-0.2, 0) is 19.5 Å². The van der Waals surface area contributed by atoms with Crippen molar-refractivity contribution in [2.24, 2.45) is 0 Å². The van der Waals surface area contributed by atoms with Gasteiger partial charge in [-0.3, -0.25) is 8.87 Å². The second-order valence-electron chi connectivity index (χ2n) is 9.61. The Kier molecular flexibility index (Phi) is 7.77. The zero-order chi connectivity index (χ0) is 27.0. The number of anilines is 3. The largest absolute Gasteiger partial charge is 0.374 e. The fraction of sp³-hybridized carbons (Fsp3) is 0.520. The Balaban J connectivity index is 1.61. The first kappa shape index (κ1) is 27.0. The fourth-order valence-electron chi connectivity index (χ4n) is 4.95. The van der Waals surface area contributed by atoms with Gasteiger partial charge in [0.1, 0.15) is 16.9 Å². The minimum absolute atomic E-state index is 0.0722. The monoisotopic (exact) mass is 569 g/mol. The molecule has 0 spiro atoms. The number of hydrogen-bond donors (Lipinski definition) is 1. The van der Waals surface area contributed by atoms with E-state index in [4.69, 9.17) is 21.1 Å². The number of aromatic nitrogens is 3. The Labute approximate surface area is 225 Å². The van der Waals surface area contributed by atoms with E-state index >= 15 is 0 Å². The van der Waals surface area contributed by atoms with Crippen molar-refractivity contribution >= 4 is 49.9 Å². The maximum absolute atomic E-state index is 14.1. The maximum atomic E-state index is 14.1. The number of benzene rings is 1. The first-order chi connectivity index (χ1) is 18.1. The number of alkyl halides is 2. The molecule has 3 aromatic rings. The van der Waals surface area contributed by atoms with Gasteiger partial charge in [0.25, 0.3) is 6.43 Å². The van der Waals surface area contributed by atoms with Gasteiger partial charge in [-0.25, -0.2) is 27.2 Å². The molecular formula is C25H30ClF2N5O4S. The van der Waals surface area contributed by atoms with Gasteiger partial charge in [-0.05, 0) is 56.2 Å². The number of fused-ring (bicyclic) bond motifs is 1. The molecule has 2 aliphatic heterocycles. The lowest BCUT2D eigenvalue weighted by Gasteiger charge is -2.26. The first-order valence-corrected chi connectivity index (χ1v) is 14.8. The topological polar surface area (TPSA) is 98.6 Å². The number of rotatable bonds is 7. The van der Waals surface area contributed by atoms with Gasteiger partial charge in [0, 0.05) is 26.3 Å². The Morgan fingerprint density at radius 3 is 2.45 bits per heavy atom. The van der Waals surface area contributed by atoms with Crippen LogP contribution in [0, 0.1) is 0 Å². The highest BCUT2D eigenvalue weighted by Gasteiger charge is 2.29. The summed E-state index contributed by atoms with van der Waals surface area (Å²) in [7, 11) is -2.16. The second-order valence-corrected chi connectivity index (χ2v) is 12.0. The number of hydrogen-bond acceptors (Lipinski definition) is 7. The number of nitrogens with one attached hydrogen (secondary N) is 1. The molecule has 2 aromatic heterocycles. The van der Waals surface area contributed by atoms with Crippen LogP contribution in [0.3, 0.4) is 0 Å². The molecule has 13 heteroatoms. The Morgan fingerprint density at radius 2 is 1.82 bits per heavy atom. The SMILES string of the molecule is CN(c1cc(C2CCCCO2)ccc1Nc1cc(Cl)nc2c1nc(C(F)F)n2C1CCCCO1)S(C)(=O)=O. The van der Waals surface area contributed by atoms with Crippen LogP contribution in [0.1, 0.15) is 68.7 Å². The zero-order valence-corrected chi connectivity index (χ0v) is 22.7. The van der Waals surface area contributed by atoms with E-state index in [1.807, 2.05) is 6.07 Å². The lowest BCUT2D eigenvalue weighted by Crippen LogP contribution is -2.26. The summed E-state index contributed by atoms with van der Waals surface area (Å²) >= 11 is 6.35. The molecule has 0 radical (unpaired) electrons. The summed E-state index contributed by atoms with van der Waals surface area (Å²) < 4.78 is 67.4. The number of ether oxygens (including phenoxy) is 2. The molecule has 2 saturated heterocycles. The molecule has 4 heterocycles. The summed E-state index contributed by atoms with van der Waals surface area (Å²) in [4.78, 5) is 8.55. The average Bonchev–Trinajstić information content (AvgIpc) is 3.29. The number of sulfonamides is 1. The van der Waals surface area contributed by atoms with Gasteiger partial charge in [0.15, 0.2) is 11.5 Å². The van der Waals surface area contributed by atoms with E-state index in [2.05, 4.69) is 15.3 Å². The lowest BCUT2D eigenvalue weighted by molar-refractivity contribution is -0.0363. The minimum atomic E-state index is -3.62. The molecule has 1 N–H and O–H groups in total. The van der Waals surface area contributed by atoms with Gasteiger partial charge in [0.2, 0.25) is 10.0 Å². The predicted molar refractivity (Wildman–Crippen MR) is 142 cm³/mol. The van der Waals surface area contributed by atoms with Crippen molar-refractivity contribution in [1.29, 1.82) is 0 Å². The Hall–Kier alpha value is -2.54. The second kappa shape index (κ2) is 10.9. The summed E-state index contributed by atoms with van der Waals surface area (Å²) in [5, 5.41) is 3.26. The van der Waals surface area contributed by atoms with Gasteiger partial charge in [-0.1, -0.05) is 17.7 Å². The van der Waals surface area contributed by atoms with Crippen LogP contribution in [0.4, 0.5) is 25.8 Å². The molecule has 0 saturated carbocycles. The normalized spacial score (nSPS) is 20.7. The fourth-order valence-corrected chi connectivity index (χ4v) is 5.65. The quantitative estimate of drug-likeness (QED) is 0.343. The number of imidazole rings is 1. The molecule has 2 fully saturated rings. The third-order valence-electron chi connectivity index (χ3n) is 6.96. The molecule has 2 atom stereocenters. The summed E-state index contributed by atoms with van der Waals surface area (Å²) in [5.41, 5.74) is 2.35. The summed E-state index contributed by atoms with van der Waals surface area (Å²) in [5.74, 6) is -0.456. The van der Waals surface area contributed by atoms with E-state index in [0.717, 1.165) is 43.9 Å². The molecule has 38 heavy (non-hydrogen) atoms. The van der Waals surface area contributed by atoms with Crippen molar-refractivity contribution in [3.8, 4) is 0 Å². The third-order valence-corrected chi connectivity index (χ3v) is 8.35. The van der Waals surface area contributed by atoms with Crippen molar-refractivity contribution in [3.63, 3.8) is 0 Å². The highest BCUT2D eigenvalue weighted by Crippen LogP contribution is 2.39. The van der Waals surface area contributed by atoms with Gasteiger partial charge in [0.05, 0.1) is 29.4 Å². The number of nitrogens with zero attached hydrogens (tertiary/aromatic N) is 4. The van der Waals surface area contributed by atoms with E-state index < -0.39 is 28.5 Å². The third kappa shape index (κ3) is 5.45. The molecule has 5 rings (SSSR count). The zero-order valence-electron chi connectivity index (χ0n) is 21.2. The molecule has 1 aromatic carbocycles. The predicted octanol–water partition coefficient (Wildman–Crippen LogP) is 6.10. The number of halogens is 3. The van der Waals surface area contributed by atoms with E-state index in [9.17, 15) is 17.2 Å². The molecule has 9 nitrogen and oxygen atoms in total. The minimum Gasteiger partial charge on any atom is -0.374 e. The highest BCUT2D eigenvalue weighted by molar-refractivity contribution is 7.92. The van der Waals surface area contributed by atoms with Crippen molar-refractivity contribution in [3.05, 3.63) is 40.8 Å². The summed E-state index contributed by atoms with van der Waals surface area (Å²) in [6.07, 6.45) is 2.58. The van der Waals surface area contributed by atoms with Crippen LogP contribution in [0.25, 0.3) is 11.2 Å². The van der Waals surface area contributed by atoms with Crippen LogP contribution in [-0.4, -0.2) is 49.5 Å². The Morgan fingerprint density at radius 1 is 1.08 bits per heavy atom. The van der Waals surface area contributed by atoms with Crippen molar-refractivity contribution < 1.29 is 26.7 Å². The Bertz CT molecular complexity index is 1420. The first-order valence-electron chi connectivity index (χ1n) is 12.6. The van der Waals surface area contributed by atoms with Gasteiger partial charge < -0.3 is 14.8 Å². The van der Waals surface area contributed by atoms with E-state index in [1.165, 1.54) is 22.0 Å². The van der Waals surface area contributed by atoms with Gasteiger partial charge >= 0.3 is 0 Å². The molecule has 0 amide bonds. The molecule has 0 aliphatic carbocycles. The van der Waals surface area contributed by atoms with Crippen molar-refractivity contribution in [2.75, 3.05) is 36.1 Å². The van der Waals surface area contributed by atoms with Gasteiger partial charge in [-0.2, -0.15) is 0 Å². The standard InChI is InChI=1S/C25H30ClF2N5O4S/c1-32(38(2,34)35)18-13-15(19-7-3-5-11-36-19)9-10-16(18)29-17-14-20(26)30-24-22(17)31-25(23(27)28)33(24)21-8-4-6-12-37-21/h9-10,13-14,19,21,23H,3-8,11-12H2,1-2H3,(H,29,30). The van der Waals surface area contributed by atoms with E-state index in [0.29, 0.717) is 36.7 Å². The summed E-state index contributed by atoms with van der Waals surface area (Å²) in [6, 6.07) is 6.88. The van der Waals surface area contributed by atoms with Crippen LogP contribution in [0.15, 0.2) is 24.3 Å². The maximum Gasteiger partial charge on any atom is 0.295 e. The summed E-state index contributed by atoms with van der Waals surface area (Å²) in [6.45, 7) is 1.10. The number of pyridine rings is 1. The van der Waals surface area contributed by atoms with Crippen LogP contribution >= 0.6 is 11.6 Å². The van der Waals surface area contributed by atoms with Crippen molar-refractivity contribution in [1.82, 2.24) is 14.5 Å². The van der Waals surface area contributed by atoms with Crippen LogP contribution < -0.4 is 9.62 Å².